The molecular formula is C13H28N2S. The van der Waals surface area contributed by atoms with Gasteiger partial charge >= 0.3 is 0 Å². The van der Waals surface area contributed by atoms with Crippen LogP contribution >= 0.6 is 11.8 Å². The maximum absolute atomic E-state index is 3.62. The van der Waals surface area contributed by atoms with Crippen LogP contribution in [0.5, 0.6) is 0 Å². The maximum atomic E-state index is 3.62. The lowest BCUT2D eigenvalue weighted by Crippen LogP contribution is -2.54. The third kappa shape index (κ3) is 3.64. The minimum Gasteiger partial charge on any atom is -0.314 e. The molecule has 0 saturated carbocycles. The molecule has 0 aliphatic carbocycles. The molecule has 1 fully saturated rings. The molecule has 16 heavy (non-hydrogen) atoms. The van der Waals surface area contributed by atoms with Gasteiger partial charge in [0.1, 0.15) is 0 Å². The Morgan fingerprint density at radius 1 is 1.44 bits per heavy atom. The monoisotopic (exact) mass is 244 g/mol. The lowest BCUT2D eigenvalue weighted by atomic mass is 9.87. The topological polar surface area (TPSA) is 15.3 Å². The highest BCUT2D eigenvalue weighted by atomic mass is 32.2. The quantitative estimate of drug-likeness (QED) is 0.800. The molecular weight excluding hydrogens is 216 g/mol. The first-order chi connectivity index (χ1) is 7.60. The van der Waals surface area contributed by atoms with Crippen LogP contribution in [0.1, 0.15) is 34.1 Å². The standard InChI is InChI=1S/C13H28N2S/c1-6-14-13-7-8-15(9-10(2)16-5)12(4)11(13)3/h10-14H,6-9H2,1-5H3. The minimum absolute atomic E-state index is 0.715. The number of thioether (sulfide) groups is 1. The Morgan fingerprint density at radius 2 is 2.12 bits per heavy atom. The van der Waals surface area contributed by atoms with E-state index in [1.165, 1.54) is 19.5 Å². The summed E-state index contributed by atoms with van der Waals surface area (Å²) < 4.78 is 0. The van der Waals surface area contributed by atoms with E-state index >= 15 is 0 Å². The van der Waals surface area contributed by atoms with E-state index in [2.05, 4.69) is 44.2 Å². The van der Waals surface area contributed by atoms with E-state index in [1.807, 2.05) is 11.8 Å². The Balaban J connectivity index is 2.47. The van der Waals surface area contributed by atoms with Gasteiger partial charge in [0, 0.05) is 23.9 Å². The fourth-order valence-electron chi connectivity index (χ4n) is 2.65. The molecule has 0 radical (unpaired) electrons. The summed E-state index contributed by atoms with van der Waals surface area (Å²) in [6.45, 7) is 12.9. The number of rotatable bonds is 5. The molecule has 4 unspecified atom stereocenters. The Kier molecular flexibility index (Phi) is 6.16. The molecule has 96 valence electrons. The maximum Gasteiger partial charge on any atom is 0.0144 e. The zero-order valence-corrected chi connectivity index (χ0v) is 12.3. The lowest BCUT2D eigenvalue weighted by molar-refractivity contribution is 0.0871. The van der Waals surface area contributed by atoms with Crippen molar-refractivity contribution in [3.05, 3.63) is 0 Å². The molecule has 1 rings (SSSR count). The van der Waals surface area contributed by atoms with E-state index in [-0.39, 0.29) is 0 Å². The van der Waals surface area contributed by atoms with Crippen LogP contribution in [-0.2, 0) is 0 Å². The SMILES string of the molecule is CCNC1CCN(CC(C)SC)C(C)C1C. The molecule has 0 aromatic rings. The Bertz CT molecular complexity index is 198. The van der Waals surface area contributed by atoms with Gasteiger partial charge in [0.25, 0.3) is 0 Å². The fraction of sp³-hybridized carbons (Fsp3) is 1.00. The van der Waals surface area contributed by atoms with Crippen LogP contribution in [0.25, 0.3) is 0 Å². The fourth-order valence-corrected chi connectivity index (χ4v) is 2.99. The third-order valence-electron chi connectivity index (χ3n) is 4.06. The highest BCUT2D eigenvalue weighted by Crippen LogP contribution is 2.24. The zero-order chi connectivity index (χ0) is 12.1. The second-order valence-corrected chi connectivity index (χ2v) is 6.37. The summed E-state index contributed by atoms with van der Waals surface area (Å²) in [5, 5.41) is 4.38. The summed E-state index contributed by atoms with van der Waals surface area (Å²) in [5.41, 5.74) is 0. The van der Waals surface area contributed by atoms with Crippen LogP contribution in [0.2, 0.25) is 0 Å². The normalized spacial score (nSPS) is 33.9. The predicted octanol–water partition coefficient (Wildman–Crippen LogP) is 2.45. The van der Waals surface area contributed by atoms with Crippen LogP contribution < -0.4 is 5.32 Å². The second kappa shape index (κ2) is 6.87. The zero-order valence-electron chi connectivity index (χ0n) is 11.5. The van der Waals surface area contributed by atoms with Gasteiger partial charge in [-0.3, -0.25) is 4.90 Å². The number of nitrogens with zero attached hydrogens (tertiary/aromatic N) is 1. The molecule has 4 atom stereocenters. The van der Waals surface area contributed by atoms with Crippen LogP contribution in [0.15, 0.2) is 0 Å². The Hall–Kier alpha value is 0.270. The van der Waals surface area contributed by atoms with E-state index in [0.717, 1.165) is 23.8 Å². The molecule has 0 amide bonds. The van der Waals surface area contributed by atoms with Crippen LogP contribution in [-0.4, -0.2) is 48.1 Å². The van der Waals surface area contributed by atoms with Gasteiger partial charge in [-0.15, -0.1) is 0 Å². The molecule has 3 heteroatoms. The number of hydrogen-bond acceptors (Lipinski definition) is 3. The van der Waals surface area contributed by atoms with E-state index in [0.29, 0.717) is 6.04 Å². The van der Waals surface area contributed by atoms with Gasteiger partial charge in [-0.2, -0.15) is 11.8 Å². The van der Waals surface area contributed by atoms with Crippen molar-refractivity contribution in [3.8, 4) is 0 Å². The predicted molar refractivity (Wildman–Crippen MR) is 75.3 cm³/mol. The summed E-state index contributed by atoms with van der Waals surface area (Å²) in [6, 6.07) is 1.44. The number of nitrogens with one attached hydrogen (secondary N) is 1. The second-order valence-electron chi connectivity index (χ2n) is 5.09. The molecule has 0 aromatic heterocycles. The smallest absolute Gasteiger partial charge is 0.0144 e. The Labute approximate surface area is 106 Å². The van der Waals surface area contributed by atoms with Crippen molar-refractivity contribution >= 4 is 11.8 Å². The molecule has 2 nitrogen and oxygen atoms in total. The first-order valence-corrected chi connectivity index (χ1v) is 7.89. The van der Waals surface area contributed by atoms with Crippen molar-refractivity contribution in [3.63, 3.8) is 0 Å². The lowest BCUT2D eigenvalue weighted by Gasteiger charge is -2.43. The average Bonchev–Trinajstić information content (AvgIpc) is 2.28. The van der Waals surface area contributed by atoms with Crippen LogP contribution in [0.4, 0.5) is 0 Å². The van der Waals surface area contributed by atoms with Crippen molar-refractivity contribution in [1.29, 1.82) is 0 Å². The van der Waals surface area contributed by atoms with Gasteiger partial charge in [0.05, 0.1) is 0 Å². The average molecular weight is 244 g/mol. The Morgan fingerprint density at radius 3 is 2.69 bits per heavy atom. The first-order valence-electron chi connectivity index (χ1n) is 6.60. The molecule has 1 aliphatic rings. The first kappa shape index (κ1) is 14.3. The largest absolute Gasteiger partial charge is 0.314 e. The number of likely N-dealkylation sites (tertiary alicyclic amines) is 1. The van der Waals surface area contributed by atoms with Gasteiger partial charge in [-0.1, -0.05) is 20.8 Å². The molecule has 1 saturated heterocycles. The van der Waals surface area contributed by atoms with E-state index in [1.54, 1.807) is 0 Å². The third-order valence-corrected chi connectivity index (χ3v) is 5.01. The van der Waals surface area contributed by atoms with Gasteiger partial charge in [0.15, 0.2) is 0 Å². The van der Waals surface area contributed by atoms with Crippen molar-refractivity contribution < 1.29 is 0 Å². The molecule has 1 N–H and O–H groups in total. The summed E-state index contributed by atoms with van der Waals surface area (Å²) in [6.07, 6.45) is 3.52. The number of hydrogen-bond donors (Lipinski definition) is 1. The van der Waals surface area contributed by atoms with E-state index in [4.69, 9.17) is 0 Å². The van der Waals surface area contributed by atoms with Crippen LogP contribution in [0.3, 0.4) is 0 Å². The van der Waals surface area contributed by atoms with Gasteiger partial charge in [-0.25, -0.2) is 0 Å². The molecule has 0 spiro atoms. The van der Waals surface area contributed by atoms with E-state index < -0.39 is 0 Å². The van der Waals surface area contributed by atoms with Crippen molar-refractivity contribution in [2.45, 2.75) is 51.4 Å². The van der Waals surface area contributed by atoms with E-state index in [9.17, 15) is 0 Å². The van der Waals surface area contributed by atoms with Crippen LogP contribution in [0, 0.1) is 5.92 Å². The van der Waals surface area contributed by atoms with Gasteiger partial charge in [-0.05, 0) is 38.6 Å². The van der Waals surface area contributed by atoms with Crippen molar-refractivity contribution in [1.82, 2.24) is 10.2 Å². The molecule has 0 bridgehead atoms. The van der Waals surface area contributed by atoms with Crippen molar-refractivity contribution in [2.75, 3.05) is 25.9 Å². The summed E-state index contributed by atoms with van der Waals surface area (Å²) in [5.74, 6) is 0.766. The number of piperidine rings is 1. The summed E-state index contributed by atoms with van der Waals surface area (Å²) in [7, 11) is 0. The van der Waals surface area contributed by atoms with Gasteiger partial charge in [0.2, 0.25) is 0 Å². The minimum atomic E-state index is 0.715. The van der Waals surface area contributed by atoms with Crippen molar-refractivity contribution in [2.24, 2.45) is 5.92 Å². The molecule has 1 aliphatic heterocycles. The highest BCUT2D eigenvalue weighted by Gasteiger charge is 2.32. The summed E-state index contributed by atoms with van der Waals surface area (Å²) in [4.78, 5) is 2.67. The molecule has 1 heterocycles. The molecule has 0 aromatic carbocycles. The summed E-state index contributed by atoms with van der Waals surface area (Å²) >= 11 is 1.98. The highest BCUT2D eigenvalue weighted by molar-refractivity contribution is 7.99. The van der Waals surface area contributed by atoms with Gasteiger partial charge < -0.3 is 5.32 Å².